The first-order valence-electron chi connectivity index (χ1n) is 8.88. The van der Waals surface area contributed by atoms with E-state index < -0.39 is 10.7 Å². The fourth-order valence-electron chi connectivity index (χ4n) is 3.09. The summed E-state index contributed by atoms with van der Waals surface area (Å²) in [5.74, 6) is -0.483. The van der Waals surface area contributed by atoms with Crippen molar-refractivity contribution in [2.24, 2.45) is 0 Å². The van der Waals surface area contributed by atoms with Crippen LogP contribution in [0.25, 0.3) is 6.08 Å². The maximum absolute atomic E-state index is 13.3. The lowest BCUT2D eigenvalue weighted by atomic mass is 10.1. The van der Waals surface area contributed by atoms with Crippen LogP contribution in [0.2, 0.25) is 5.02 Å². The van der Waals surface area contributed by atoms with Gasteiger partial charge in [0.15, 0.2) is 5.75 Å². The van der Waals surface area contributed by atoms with Crippen molar-refractivity contribution in [3.8, 4) is 5.75 Å². The molecule has 0 N–H and O–H groups in total. The van der Waals surface area contributed by atoms with Gasteiger partial charge in [0.25, 0.3) is 0 Å². The maximum Gasteiger partial charge on any atom is 0.311 e. The number of carbonyl (C=O) groups is 1. The van der Waals surface area contributed by atoms with Gasteiger partial charge in [0, 0.05) is 44.0 Å². The van der Waals surface area contributed by atoms with Crippen molar-refractivity contribution in [3.05, 3.63) is 69.0 Å². The summed E-state index contributed by atoms with van der Waals surface area (Å²) < 4.78 is 18.3. The Morgan fingerprint density at radius 1 is 1.21 bits per heavy atom. The lowest BCUT2D eigenvalue weighted by Crippen LogP contribution is -2.48. The number of amides is 1. The Bertz CT molecular complexity index is 959. The number of hydrogen-bond acceptors (Lipinski definition) is 5. The van der Waals surface area contributed by atoms with Crippen molar-refractivity contribution in [1.82, 2.24) is 4.90 Å². The molecule has 9 heteroatoms. The first kappa shape index (κ1) is 20.6. The molecule has 0 unspecified atom stereocenters. The molecule has 1 aliphatic rings. The third-order valence-electron chi connectivity index (χ3n) is 4.68. The first-order chi connectivity index (χ1) is 13.9. The number of piperazine rings is 1. The largest absolute Gasteiger partial charge is 0.490 e. The zero-order valence-electron chi connectivity index (χ0n) is 15.7. The molecule has 0 spiro atoms. The smallest absolute Gasteiger partial charge is 0.311 e. The summed E-state index contributed by atoms with van der Waals surface area (Å²) >= 11 is 5.84. The minimum Gasteiger partial charge on any atom is -0.490 e. The normalized spacial score (nSPS) is 14.3. The first-order valence-corrected chi connectivity index (χ1v) is 9.26. The van der Waals surface area contributed by atoms with E-state index in [4.69, 9.17) is 16.3 Å². The number of nitrogens with zero attached hydrogens (tertiary/aromatic N) is 3. The predicted octanol–water partition coefficient (Wildman–Crippen LogP) is 3.76. The molecule has 3 rings (SSSR count). The Labute approximate surface area is 172 Å². The van der Waals surface area contributed by atoms with E-state index in [1.54, 1.807) is 29.2 Å². The highest BCUT2D eigenvalue weighted by Gasteiger charge is 2.20. The number of ether oxygens (including phenoxy) is 1. The fourth-order valence-corrected chi connectivity index (χ4v) is 3.27. The standard InChI is InChI=1S/C20H19ClFN3O4/c1-29-19-6-2-14(12-18(19)25(27)28)3-7-20(26)24-10-8-23(9-11-24)15-4-5-17(22)16(21)13-15/h2-7,12-13H,8-11H2,1H3/b7-3+. The van der Waals surface area contributed by atoms with E-state index in [2.05, 4.69) is 0 Å². The molecule has 0 bridgehead atoms. The van der Waals surface area contributed by atoms with Gasteiger partial charge in [-0.3, -0.25) is 14.9 Å². The Kier molecular flexibility index (Phi) is 6.33. The number of nitro groups is 1. The van der Waals surface area contributed by atoms with Gasteiger partial charge >= 0.3 is 5.69 Å². The van der Waals surface area contributed by atoms with Crippen LogP contribution >= 0.6 is 11.6 Å². The molecule has 1 heterocycles. The van der Waals surface area contributed by atoms with E-state index in [1.165, 1.54) is 31.4 Å². The van der Waals surface area contributed by atoms with Crippen molar-refractivity contribution in [3.63, 3.8) is 0 Å². The molecule has 152 valence electrons. The minimum atomic E-state index is -0.529. The van der Waals surface area contributed by atoms with Crippen LogP contribution in [0.1, 0.15) is 5.56 Å². The van der Waals surface area contributed by atoms with E-state index >= 15 is 0 Å². The van der Waals surface area contributed by atoms with Crippen molar-refractivity contribution in [1.29, 1.82) is 0 Å². The monoisotopic (exact) mass is 419 g/mol. The predicted molar refractivity (Wildman–Crippen MR) is 109 cm³/mol. The number of benzene rings is 2. The van der Waals surface area contributed by atoms with E-state index in [-0.39, 0.29) is 22.4 Å². The van der Waals surface area contributed by atoms with E-state index in [0.29, 0.717) is 31.7 Å². The highest BCUT2D eigenvalue weighted by molar-refractivity contribution is 6.31. The molecule has 0 radical (unpaired) electrons. The molecule has 1 fully saturated rings. The number of nitro benzene ring substituents is 1. The Balaban J connectivity index is 1.61. The van der Waals surface area contributed by atoms with Crippen LogP contribution in [0, 0.1) is 15.9 Å². The van der Waals surface area contributed by atoms with Gasteiger partial charge in [-0.25, -0.2) is 4.39 Å². The van der Waals surface area contributed by atoms with Crippen LogP contribution in [0.3, 0.4) is 0 Å². The second-order valence-corrected chi connectivity index (χ2v) is 6.84. The van der Waals surface area contributed by atoms with E-state index in [9.17, 15) is 19.3 Å². The van der Waals surface area contributed by atoms with Crippen molar-refractivity contribution in [2.45, 2.75) is 0 Å². The SMILES string of the molecule is COc1ccc(/C=C/C(=O)N2CCN(c3ccc(F)c(Cl)c3)CC2)cc1[N+](=O)[O-]. The Morgan fingerprint density at radius 2 is 1.93 bits per heavy atom. The third-order valence-corrected chi connectivity index (χ3v) is 4.97. The van der Waals surface area contributed by atoms with Crippen LogP contribution in [0.5, 0.6) is 5.75 Å². The lowest BCUT2D eigenvalue weighted by Gasteiger charge is -2.35. The van der Waals surface area contributed by atoms with Crippen molar-refractivity contribution >= 4 is 35.0 Å². The molecule has 0 aromatic heterocycles. The number of hydrogen-bond donors (Lipinski definition) is 0. The third kappa shape index (κ3) is 4.83. The van der Waals surface area contributed by atoms with Crippen LogP contribution in [-0.2, 0) is 4.79 Å². The average molecular weight is 420 g/mol. The molecule has 0 atom stereocenters. The van der Waals surface area contributed by atoms with Crippen LogP contribution < -0.4 is 9.64 Å². The summed E-state index contributed by atoms with van der Waals surface area (Å²) in [6.45, 7) is 2.19. The number of rotatable bonds is 5. The maximum atomic E-state index is 13.3. The molecule has 0 aliphatic carbocycles. The Morgan fingerprint density at radius 3 is 2.55 bits per heavy atom. The summed E-state index contributed by atoms with van der Waals surface area (Å²) in [6.07, 6.45) is 2.94. The Hall–Kier alpha value is -3.13. The second-order valence-electron chi connectivity index (χ2n) is 6.43. The number of halogens is 2. The zero-order chi connectivity index (χ0) is 21.0. The van der Waals surface area contributed by atoms with Gasteiger partial charge in [-0.2, -0.15) is 0 Å². The molecule has 1 saturated heterocycles. The van der Waals surface area contributed by atoms with Gasteiger partial charge in [0.1, 0.15) is 5.82 Å². The number of carbonyl (C=O) groups excluding carboxylic acids is 1. The summed E-state index contributed by atoms with van der Waals surface area (Å²) in [6, 6.07) is 9.06. The van der Waals surface area contributed by atoms with E-state index in [0.717, 1.165) is 5.69 Å². The summed E-state index contributed by atoms with van der Waals surface area (Å²) in [4.78, 5) is 26.7. The molecular weight excluding hydrogens is 401 g/mol. The van der Waals surface area contributed by atoms with Crippen molar-refractivity contribution < 1.29 is 18.8 Å². The van der Waals surface area contributed by atoms with Gasteiger partial charge < -0.3 is 14.5 Å². The fraction of sp³-hybridized carbons (Fsp3) is 0.250. The molecule has 1 amide bonds. The van der Waals surface area contributed by atoms with Gasteiger partial charge in [0.05, 0.1) is 17.1 Å². The topological polar surface area (TPSA) is 75.9 Å². The van der Waals surface area contributed by atoms with Crippen LogP contribution in [0.15, 0.2) is 42.5 Å². The van der Waals surface area contributed by atoms with Crippen LogP contribution in [0.4, 0.5) is 15.8 Å². The highest BCUT2D eigenvalue weighted by atomic mass is 35.5. The van der Waals surface area contributed by atoms with Gasteiger partial charge in [0.2, 0.25) is 5.91 Å². The highest BCUT2D eigenvalue weighted by Crippen LogP contribution is 2.28. The molecular formula is C20H19ClFN3O4. The van der Waals surface area contributed by atoms with Crippen molar-refractivity contribution in [2.75, 3.05) is 38.2 Å². The molecule has 0 saturated carbocycles. The minimum absolute atomic E-state index is 0.0672. The molecule has 2 aromatic rings. The quantitative estimate of drug-likeness (QED) is 0.419. The summed E-state index contributed by atoms with van der Waals surface area (Å²) in [5.41, 5.74) is 1.18. The lowest BCUT2D eigenvalue weighted by molar-refractivity contribution is -0.385. The van der Waals surface area contributed by atoms with Gasteiger partial charge in [-0.15, -0.1) is 0 Å². The molecule has 2 aromatic carbocycles. The summed E-state index contributed by atoms with van der Waals surface area (Å²) in [7, 11) is 1.36. The van der Waals surface area contributed by atoms with Gasteiger partial charge in [-0.1, -0.05) is 17.7 Å². The zero-order valence-corrected chi connectivity index (χ0v) is 16.4. The number of methoxy groups -OCH3 is 1. The number of anilines is 1. The summed E-state index contributed by atoms with van der Waals surface area (Å²) in [5, 5.41) is 11.2. The molecule has 7 nitrogen and oxygen atoms in total. The average Bonchev–Trinajstić information content (AvgIpc) is 2.73. The van der Waals surface area contributed by atoms with E-state index in [1.807, 2.05) is 4.90 Å². The molecule has 29 heavy (non-hydrogen) atoms. The van der Waals surface area contributed by atoms with Gasteiger partial charge in [-0.05, 0) is 35.9 Å². The second kappa shape index (κ2) is 8.91. The molecule has 1 aliphatic heterocycles. The van der Waals surface area contributed by atoms with Crippen LogP contribution in [-0.4, -0.2) is 49.0 Å².